The summed E-state index contributed by atoms with van der Waals surface area (Å²) in [6, 6.07) is 0.528. The van der Waals surface area contributed by atoms with E-state index in [2.05, 4.69) is 16.0 Å². The molecule has 1 aliphatic rings. The molecule has 1 heterocycles. The van der Waals surface area contributed by atoms with Gasteiger partial charge in [0, 0.05) is 18.1 Å². The van der Waals surface area contributed by atoms with Gasteiger partial charge in [-0.05, 0) is 46.6 Å². The van der Waals surface area contributed by atoms with Crippen LogP contribution < -0.4 is 16.0 Å². The average Bonchev–Trinajstić information content (AvgIpc) is 2.53. The van der Waals surface area contributed by atoms with Crippen LogP contribution in [0.4, 0.5) is 4.79 Å². The molecule has 15 heavy (non-hydrogen) atoms. The predicted octanol–water partition coefficient (Wildman–Crippen LogP) is 1.23. The maximum Gasteiger partial charge on any atom is 0.315 e. The van der Waals surface area contributed by atoms with E-state index >= 15 is 0 Å². The molecule has 3 N–H and O–H groups in total. The molecule has 1 fully saturated rings. The molecule has 4 nitrogen and oxygen atoms in total. The summed E-state index contributed by atoms with van der Waals surface area (Å²) in [5.41, 5.74) is -0.157. The van der Waals surface area contributed by atoms with Gasteiger partial charge in [0.05, 0.1) is 0 Å². The monoisotopic (exact) mass is 213 g/mol. The molecule has 88 valence electrons. The summed E-state index contributed by atoms with van der Waals surface area (Å²) >= 11 is 0. The number of urea groups is 1. The normalized spacial score (nSPS) is 21.4. The number of hydrogen-bond acceptors (Lipinski definition) is 2. The maximum atomic E-state index is 11.4. The maximum absolute atomic E-state index is 11.4. The predicted molar refractivity (Wildman–Crippen MR) is 61.9 cm³/mol. The molecule has 0 aliphatic carbocycles. The first-order valence-electron chi connectivity index (χ1n) is 5.77. The Morgan fingerprint density at radius 1 is 1.47 bits per heavy atom. The fourth-order valence-electron chi connectivity index (χ4n) is 1.75. The Bertz CT molecular complexity index is 204. The van der Waals surface area contributed by atoms with Gasteiger partial charge in [-0.1, -0.05) is 0 Å². The minimum atomic E-state index is -0.157. The highest BCUT2D eigenvalue weighted by molar-refractivity contribution is 5.74. The molecular weight excluding hydrogens is 190 g/mol. The third-order valence-electron chi connectivity index (χ3n) is 2.43. The third kappa shape index (κ3) is 5.62. The lowest BCUT2D eigenvalue weighted by atomic mass is 10.1. The van der Waals surface area contributed by atoms with Gasteiger partial charge in [-0.2, -0.15) is 0 Å². The first-order valence-corrected chi connectivity index (χ1v) is 5.77. The van der Waals surface area contributed by atoms with Gasteiger partial charge in [0.15, 0.2) is 0 Å². The van der Waals surface area contributed by atoms with E-state index in [0.29, 0.717) is 6.04 Å². The standard InChI is InChI=1S/C11H23N3O/c1-11(2,3)14-10(15)13-8-6-9-5-4-7-12-9/h9,12H,4-8H2,1-3H3,(H2,13,14,15)/t9-/m0/s1. The third-order valence-corrected chi connectivity index (χ3v) is 2.43. The van der Waals surface area contributed by atoms with E-state index in [0.717, 1.165) is 19.5 Å². The van der Waals surface area contributed by atoms with Gasteiger partial charge in [0.25, 0.3) is 0 Å². The summed E-state index contributed by atoms with van der Waals surface area (Å²) < 4.78 is 0. The van der Waals surface area contributed by atoms with E-state index in [1.165, 1.54) is 12.8 Å². The van der Waals surface area contributed by atoms with Crippen LogP contribution in [0.3, 0.4) is 0 Å². The zero-order valence-electron chi connectivity index (χ0n) is 10.0. The molecule has 1 atom stereocenters. The Morgan fingerprint density at radius 3 is 2.73 bits per heavy atom. The van der Waals surface area contributed by atoms with Crippen LogP contribution in [0.5, 0.6) is 0 Å². The van der Waals surface area contributed by atoms with Crippen molar-refractivity contribution < 1.29 is 4.79 Å². The minimum Gasteiger partial charge on any atom is -0.338 e. The van der Waals surface area contributed by atoms with Crippen LogP contribution in [0.25, 0.3) is 0 Å². The summed E-state index contributed by atoms with van der Waals surface area (Å²) in [5, 5.41) is 9.16. The molecule has 1 aliphatic heterocycles. The van der Waals surface area contributed by atoms with Crippen LogP contribution >= 0.6 is 0 Å². The number of nitrogens with one attached hydrogen (secondary N) is 3. The van der Waals surface area contributed by atoms with E-state index in [4.69, 9.17) is 0 Å². The second-order valence-corrected chi connectivity index (χ2v) is 5.21. The van der Waals surface area contributed by atoms with Crippen molar-refractivity contribution in [1.29, 1.82) is 0 Å². The van der Waals surface area contributed by atoms with Crippen molar-refractivity contribution in [3.63, 3.8) is 0 Å². The van der Waals surface area contributed by atoms with Gasteiger partial charge in [0.1, 0.15) is 0 Å². The highest BCUT2D eigenvalue weighted by Crippen LogP contribution is 2.07. The molecule has 0 aromatic heterocycles. The van der Waals surface area contributed by atoms with Crippen molar-refractivity contribution in [2.45, 2.75) is 51.6 Å². The fraction of sp³-hybridized carbons (Fsp3) is 0.909. The van der Waals surface area contributed by atoms with Crippen LogP contribution in [-0.2, 0) is 0 Å². The van der Waals surface area contributed by atoms with Crippen molar-refractivity contribution in [3.8, 4) is 0 Å². The van der Waals surface area contributed by atoms with Gasteiger partial charge < -0.3 is 16.0 Å². The summed E-state index contributed by atoms with van der Waals surface area (Å²) in [5.74, 6) is 0. The van der Waals surface area contributed by atoms with E-state index in [-0.39, 0.29) is 11.6 Å². The summed E-state index contributed by atoms with van der Waals surface area (Å²) in [7, 11) is 0. The molecule has 0 radical (unpaired) electrons. The van der Waals surface area contributed by atoms with Crippen molar-refractivity contribution >= 4 is 6.03 Å². The molecule has 0 bridgehead atoms. The molecule has 2 amide bonds. The Kier molecular flexibility index (Phi) is 4.39. The lowest BCUT2D eigenvalue weighted by molar-refractivity contribution is 0.231. The van der Waals surface area contributed by atoms with Gasteiger partial charge >= 0.3 is 6.03 Å². The smallest absolute Gasteiger partial charge is 0.315 e. The van der Waals surface area contributed by atoms with Crippen molar-refractivity contribution in [3.05, 3.63) is 0 Å². The highest BCUT2D eigenvalue weighted by atomic mass is 16.2. The van der Waals surface area contributed by atoms with Crippen LogP contribution in [0, 0.1) is 0 Å². The molecule has 0 spiro atoms. The van der Waals surface area contributed by atoms with Gasteiger partial charge in [0.2, 0.25) is 0 Å². The topological polar surface area (TPSA) is 53.2 Å². The zero-order valence-corrected chi connectivity index (χ0v) is 10.0. The molecule has 0 aromatic rings. The zero-order chi connectivity index (χ0) is 11.3. The molecule has 0 unspecified atom stereocenters. The van der Waals surface area contributed by atoms with Crippen LogP contribution in [0.1, 0.15) is 40.0 Å². The van der Waals surface area contributed by atoms with Crippen molar-refractivity contribution in [2.24, 2.45) is 0 Å². The quantitative estimate of drug-likeness (QED) is 0.660. The van der Waals surface area contributed by atoms with Gasteiger partial charge in [-0.3, -0.25) is 0 Å². The Labute approximate surface area is 92.2 Å². The molecule has 0 saturated carbocycles. The van der Waals surface area contributed by atoms with E-state index in [1.54, 1.807) is 0 Å². The second-order valence-electron chi connectivity index (χ2n) is 5.21. The van der Waals surface area contributed by atoms with Gasteiger partial charge in [-0.25, -0.2) is 4.79 Å². The molecule has 4 heteroatoms. The number of amides is 2. The number of carbonyl (C=O) groups is 1. The number of carbonyl (C=O) groups excluding carboxylic acids is 1. The Morgan fingerprint density at radius 2 is 2.20 bits per heavy atom. The minimum absolute atomic E-state index is 0.0690. The van der Waals surface area contributed by atoms with Gasteiger partial charge in [-0.15, -0.1) is 0 Å². The lowest BCUT2D eigenvalue weighted by Crippen LogP contribution is -2.47. The van der Waals surface area contributed by atoms with Crippen LogP contribution in [0.2, 0.25) is 0 Å². The first-order chi connectivity index (χ1) is 6.97. The molecule has 0 aromatic carbocycles. The van der Waals surface area contributed by atoms with Crippen molar-refractivity contribution in [2.75, 3.05) is 13.1 Å². The SMILES string of the molecule is CC(C)(C)NC(=O)NCC[C@@H]1CCCN1. The fourth-order valence-corrected chi connectivity index (χ4v) is 1.75. The van der Waals surface area contributed by atoms with Crippen LogP contribution in [-0.4, -0.2) is 30.7 Å². The average molecular weight is 213 g/mol. The van der Waals surface area contributed by atoms with E-state index in [1.807, 2.05) is 20.8 Å². The largest absolute Gasteiger partial charge is 0.338 e. The molecular formula is C11H23N3O. The lowest BCUT2D eigenvalue weighted by Gasteiger charge is -2.21. The molecule has 1 saturated heterocycles. The first kappa shape index (κ1) is 12.3. The summed E-state index contributed by atoms with van der Waals surface area (Å²) in [4.78, 5) is 11.4. The molecule has 1 rings (SSSR count). The Balaban J connectivity index is 2.06. The van der Waals surface area contributed by atoms with Crippen LogP contribution in [0.15, 0.2) is 0 Å². The Hall–Kier alpha value is -0.770. The number of rotatable bonds is 3. The highest BCUT2D eigenvalue weighted by Gasteiger charge is 2.15. The second kappa shape index (κ2) is 5.35. The van der Waals surface area contributed by atoms with E-state index < -0.39 is 0 Å². The number of hydrogen-bond donors (Lipinski definition) is 3. The van der Waals surface area contributed by atoms with Crippen molar-refractivity contribution in [1.82, 2.24) is 16.0 Å². The summed E-state index contributed by atoms with van der Waals surface area (Å²) in [6.07, 6.45) is 3.53. The van der Waals surface area contributed by atoms with E-state index in [9.17, 15) is 4.79 Å². The summed E-state index contributed by atoms with van der Waals surface area (Å²) in [6.45, 7) is 7.81.